The fourth-order valence-corrected chi connectivity index (χ4v) is 4.13. The summed E-state index contributed by atoms with van der Waals surface area (Å²) in [4.78, 5) is 20.4. The minimum Gasteiger partial charge on any atom is -0.475 e. The Morgan fingerprint density at radius 2 is 1.68 bits per heavy atom. The number of carboxylic acids is 1. The smallest absolute Gasteiger partial charge is 0.475 e. The van der Waals surface area contributed by atoms with Crippen molar-refractivity contribution in [2.24, 2.45) is 17.1 Å². The van der Waals surface area contributed by atoms with Gasteiger partial charge in [0, 0.05) is 18.5 Å². The summed E-state index contributed by atoms with van der Waals surface area (Å²) in [5.74, 6) is -4.30. The predicted octanol–water partition coefficient (Wildman–Crippen LogP) is 5.16. The lowest BCUT2D eigenvalue weighted by Gasteiger charge is -2.34. The van der Waals surface area contributed by atoms with Crippen LogP contribution in [-0.2, 0) is 16.1 Å². The Bertz CT molecular complexity index is 928. The average molecular weight is 485 g/mol. The van der Waals surface area contributed by atoms with E-state index >= 15 is 0 Å². The van der Waals surface area contributed by atoms with Crippen molar-refractivity contribution in [3.05, 3.63) is 53.6 Å². The number of carboxylic acid groups (broad SMARTS) is 1. The van der Waals surface area contributed by atoms with Gasteiger partial charge in [-0.2, -0.15) is 13.2 Å². The van der Waals surface area contributed by atoms with Crippen LogP contribution >= 0.6 is 0 Å². The molecule has 2 aliphatic rings. The lowest BCUT2D eigenvalue weighted by atomic mass is 9.75. The maximum Gasteiger partial charge on any atom is 0.490 e. The summed E-state index contributed by atoms with van der Waals surface area (Å²) in [6.07, 6.45) is 4.62. The summed E-state index contributed by atoms with van der Waals surface area (Å²) in [6, 6.07) is 8.75. The molecule has 1 aromatic carbocycles. The molecule has 4 N–H and O–H groups in total. The van der Waals surface area contributed by atoms with E-state index < -0.39 is 29.6 Å². The quantitative estimate of drug-likeness (QED) is 0.504. The highest BCUT2D eigenvalue weighted by atomic mass is 19.4. The molecule has 0 bridgehead atoms. The van der Waals surface area contributed by atoms with Gasteiger partial charge in [0.2, 0.25) is 5.67 Å². The molecule has 2 aliphatic carbocycles. The van der Waals surface area contributed by atoms with Crippen LogP contribution in [0.5, 0.6) is 0 Å². The van der Waals surface area contributed by atoms with Gasteiger partial charge in [0.25, 0.3) is 5.91 Å². The number of nitrogens with two attached hydrogens (primary N) is 1. The number of benzene rings is 1. The molecule has 1 aromatic rings. The summed E-state index contributed by atoms with van der Waals surface area (Å²) in [7, 11) is 0. The second-order valence-electron chi connectivity index (χ2n) is 9.65. The molecule has 9 heteroatoms. The largest absolute Gasteiger partial charge is 0.490 e. The molecule has 0 aromatic heterocycles. The highest BCUT2D eigenvalue weighted by Crippen LogP contribution is 2.38. The standard InChI is InChI=1S/C23H31FN2O.C2HF3O2/c1-16-20(5-4-12-23(16,24)21(25)27)18-8-6-17(7-9-18)15-26-19-10-13-22(2,3)14-11-19;3-2(4,5)1(6)7/h4-9,12,16,19,26H,10-11,13-15H2,1-3H3,(H2,25,27);(H,6,7). The van der Waals surface area contributed by atoms with E-state index in [1.807, 2.05) is 18.2 Å². The minimum absolute atomic E-state index is 0.481. The third-order valence-electron chi connectivity index (χ3n) is 6.55. The Hall–Kier alpha value is -2.68. The SMILES string of the molecule is CC1C(c2ccc(CNC3CCC(C)(C)CC3)cc2)=CC=CC1(F)C(N)=O.O=C(O)C(F)(F)F. The van der Waals surface area contributed by atoms with Crippen LogP contribution in [-0.4, -0.2) is 34.9 Å². The summed E-state index contributed by atoms with van der Waals surface area (Å²) in [5.41, 5.74) is 6.58. The van der Waals surface area contributed by atoms with Crippen molar-refractivity contribution < 1.29 is 32.3 Å². The summed E-state index contributed by atoms with van der Waals surface area (Å²) in [5, 5.41) is 10.8. The van der Waals surface area contributed by atoms with Gasteiger partial charge in [-0.25, -0.2) is 9.18 Å². The molecule has 2 unspecified atom stereocenters. The Kier molecular flexibility index (Phi) is 8.69. The molecule has 5 nitrogen and oxygen atoms in total. The summed E-state index contributed by atoms with van der Waals surface area (Å²) < 4.78 is 46.6. The molecule has 188 valence electrons. The number of primary amides is 1. The van der Waals surface area contributed by atoms with E-state index in [9.17, 15) is 22.4 Å². The van der Waals surface area contributed by atoms with E-state index in [-0.39, 0.29) is 0 Å². The molecular formula is C25H32F4N2O3. The highest BCUT2D eigenvalue weighted by Gasteiger charge is 2.43. The third-order valence-corrected chi connectivity index (χ3v) is 6.55. The van der Waals surface area contributed by atoms with Crippen LogP contribution < -0.4 is 11.1 Å². The zero-order valence-corrected chi connectivity index (χ0v) is 19.6. The van der Waals surface area contributed by atoms with E-state index in [0.717, 1.165) is 17.7 Å². The number of carbonyl (C=O) groups excluding carboxylic acids is 1. The Labute approximate surface area is 197 Å². The Morgan fingerprint density at radius 1 is 1.15 bits per heavy atom. The number of aliphatic carboxylic acids is 1. The van der Waals surface area contributed by atoms with Crippen LogP contribution in [0.2, 0.25) is 0 Å². The van der Waals surface area contributed by atoms with Gasteiger partial charge in [-0.1, -0.05) is 57.2 Å². The molecule has 0 spiro atoms. The van der Waals surface area contributed by atoms with E-state index in [1.54, 1.807) is 13.0 Å². The van der Waals surface area contributed by atoms with Crippen molar-refractivity contribution in [2.75, 3.05) is 0 Å². The number of carbonyl (C=O) groups is 2. The van der Waals surface area contributed by atoms with Crippen molar-refractivity contribution in [3.63, 3.8) is 0 Å². The predicted molar refractivity (Wildman–Crippen MR) is 122 cm³/mol. The molecule has 3 rings (SSSR count). The van der Waals surface area contributed by atoms with Gasteiger partial charge in [-0.05, 0) is 53.9 Å². The average Bonchev–Trinajstić information content (AvgIpc) is 2.75. The van der Waals surface area contributed by atoms with Crippen LogP contribution in [0.1, 0.15) is 57.6 Å². The van der Waals surface area contributed by atoms with Crippen LogP contribution in [0.3, 0.4) is 0 Å². The van der Waals surface area contributed by atoms with Crippen LogP contribution in [0.15, 0.2) is 42.5 Å². The number of allylic oxidation sites excluding steroid dienone is 3. The molecule has 1 saturated carbocycles. The Balaban J connectivity index is 0.000000509. The molecule has 0 saturated heterocycles. The van der Waals surface area contributed by atoms with Gasteiger partial charge in [0.1, 0.15) is 0 Å². The molecular weight excluding hydrogens is 452 g/mol. The summed E-state index contributed by atoms with van der Waals surface area (Å²) >= 11 is 0. The molecule has 1 amide bonds. The monoisotopic (exact) mass is 484 g/mol. The van der Waals surface area contributed by atoms with Gasteiger partial charge in [0.15, 0.2) is 0 Å². The molecule has 1 fully saturated rings. The summed E-state index contributed by atoms with van der Waals surface area (Å²) in [6.45, 7) is 7.25. The van der Waals surface area contributed by atoms with Crippen molar-refractivity contribution in [1.29, 1.82) is 0 Å². The van der Waals surface area contributed by atoms with E-state index in [1.165, 1.54) is 37.3 Å². The molecule has 34 heavy (non-hydrogen) atoms. The maximum atomic E-state index is 14.9. The zero-order valence-electron chi connectivity index (χ0n) is 19.6. The zero-order chi connectivity index (χ0) is 25.7. The van der Waals surface area contributed by atoms with Gasteiger partial charge < -0.3 is 16.2 Å². The number of nitrogens with one attached hydrogen (secondary N) is 1. The molecule has 0 aliphatic heterocycles. The van der Waals surface area contributed by atoms with Crippen LogP contribution in [0.25, 0.3) is 5.57 Å². The maximum absolute atomic E-state index is 14.9. The van der Waals surface area contributed by atoms with Crippen LogP contribution in [0, 0.1) is 11.3 Å². The van der Waals surface area contributed by atoms with Crippen molar-refractivity contribution in [2.45, 2.75) is 70.9 Å². The minimum atomic E-state index is -5.08. The topological polar surface area (TPSA) is 92.4 Å². The first-order valence-electron chi connectivity index (χ1n) is 11.2. The number of rotatable bonds is 5. The van der Waals surface area contributed by atoms with E-state index in [0.29, 0.717) is 11.5 Å². The van der Waals surface area contributed by atoms with Gasteiger partial charge in [0.05, 0.1) is 0 Å². The van der Waals surface area contributed by atoms with Gasteiger partial charge >= 0.3 is 12.1 Å². The highest BCUT2D eigenvalue weighted by molar-refractivity contribution is 5.90. The second-order valence-corrected chi connectivity index (χ2v) is 9.65. The first kappa shape index (κ1) is 27.6. The Morgan fingerprint density at radius 3 is 2.15 bits per heavy atom. The number of hydrogen-bond acceptors (Lipinski definition) is 3. The molecule has 0 radical (unpaired) electrons. The van der Waals surface area contributed by atoms with Crippen molar-refractivity contribution >= 4 is 17.4 Å². The van der Waals surface area contributed by atoms with E-state index in [4.69, 9.17) is 15.6 Å². The fourth-order valence-electron chi connectivity index (χ4n) is 4.13. The number of amides is 1. The number of halogens is 4. The number of alkyl halides is 4. The first-order valence-corrected chi connectivity index (χ1v) is 11.2. The molecule has 2 atom stereocenters. The van der Waals surface area contributed by atoms with Crippen molar-refractivity contribution in [1.82, 2.24) is 5.32 Å². The number of hydrogen-bond donors (Lipinski definition) is 3. The second kappa shape index (κ2) is 10.7. The van der Waals surface area contributed by atoms with Gasteiger partial charge in [-0.15, -0.1) is 0 Å². The lowest BCUT2D eigenvalue weighted by molar-refractivity contribution is -0.192. The third kappa shape index (κ3) is 7.16. The normalized spacial score (nSPS) is 24.6. The first-order chi connectivity index (χ1) is 15.7. The molecule has 0 heterocycles. The van der Waals surface area contributed by atoms with Crippen molar-refractivity contribution in [3.8, 4) is 0 Å². The van der Waals surface area contributed by atoms with Gasteiger partial charge in [-0.3, -0.25) is 4.79 Å². The van der Waals surface area contributed by atoms with Crippen LogP contribution in [0.4, 0.5) is 17.6 Å². The lowest BCUT2D eigenvalue weighted by Crippen LogP contribution is -2.44. The van der Waals surface area contributed by atoms with E-state index in [2.05, 4.69) is 31.3 Å². The fraction of sp³-hybridized carbons (Fsp3) is 0.520.